The van der Waals surface area contributed by atoms with Gasteiger partial charge < -0.3 is 20.3 Å². The van der Waals surface area contributed by atoms with Crippen molar-refractivity contribution < 1.29 is 27.5 Å². The zero-order valence-electron chi connectivity index (χ0n) is 19.8. The molecule has 0 radical (unpaired) electrons. The van der Waals surface area contributed by atoms with Crippen LogP contribution >= 0.6 is 22.9 Å². The maximum Gasteiger partial charge on any atom is 0.258 e. The number of nitrogen functional groups attached to an aromatic ring is 1. The molecule has 2 N–H and O–H groups in total. The van der Waals surface area contributed by atoms with Crippen LogP contribution in [0, 0.1) is 23.0 Å². The number of amides is 2. The van der Waals surface area contributed by atoms with E-state index < -0.39 is 36.2 Å². The van der Waals surface area contributed by atoms with Gasteiger partial charge in [-0.3, -0.25) is 9.59 Å². The number of hydrogen-bond donors (Lipinski definition) is 1. The number of thiophene rings is 1. The second kappa shape index (κ2) is 9.85. The van der Waals surface area contributed by atoms with Crippen molar-refractivity contribution in [1.29, 1.82) is 5.26 Å². The zero-order chi connectivity index (χ0) is 27.3. The third kappa shape index (κ3) is 4.04. The van der Waals surface area contributed by atoms with Crippen molar-refractivity contribution in [3.8, 4) is 22.9 Å². The number of nitriles is 1. The van der Waals surface area contributed by atoms with Crippen molar-refractivity contribution >= 4 is 49.8 Å². The summed E-state index contributed by atoms with van der Waals surface area (Å²) in [5, 5.41) is 9.63. The van der Waals surface area contributed by atoms with E-state index in [1.807, 2.05) is 6.07 Å². The van der Waals surface area contributed by atoms with E-state index in [2.05, 4.69) is 6.58 Å². The van der Waals surface area contributed by atoms with E-state index in [-0.39, 0.29) is 79.9 Å². The highest BCUT2D eigenvalue weighted by atomic mass is 35.5. The molecule has 3 aromatic rings. The minimum absolute atomic E-state index is 0.00408. The van der Waals surface area contributed by atoms with Gasteiger partial charge in [0.1, 0.15) is 29.4 Å². The van der Waals surface area contributed by atoms with Crippen molar-refractivity contribution in [3.63, 3.8) is 0 Å². The van der Waals surface area contributed by atoms with E-state index in [1.165, 1.54) is 15.9 Å². The first-order valence-electron chi connectivity index (χ1n) is 11.6. The van der Waals surface area contributed by atoms with Crippen LogP contribution in [-0.2, 0) is 4.79 Å². The first-order chi connectivity index (χ1) is 18.2. The van der Waals surface area contributed by atoms with Gasteiger partial charge in [-0.1, -0.05) is 24.2 Å². The van der Waals surface area contributed by atoms with Crippen LogP contribution in [0.15, 0.2) is 30.4 Å². The van der Waals surface area contributed by atoms with Gasteiger partial charge in [0.15, 0.2) is 5.75 Å². The van der Waals surface area contributed by atoms with E-state index >= 15 is 4.39 Å². The largest absolute Gasteiger partial charge is 0.491 e. The van der Waals surface area contributed by atoms with Gasteiger partial charge >= 0.3 is 0 Å². The van der Waals surface area contributed by atoms with Gasteiger partial charge in [0, 0.05) is 42.6 Å². The van der Waals surface area contributed by atoms with Crippen LogP contribution in [0.2, 0.25) is 5.02 Å². The first-order valence-corrected chi connectivity index (χ1v) is 12.8. The summed E-state index contributed by atoms with van der Waals surface area (Å²) in [7, 11) is 0. The van der Waals surface area contributed by atoms with Crippen LogP contribution in [-0.4, -0.2) is 60.6 Å². The minimum Gasteiger partial charge on any atom is -0.491 e. The molecule has 1 saturated heterocycles. The molecule has 1 fully saturated rings. The fourth-order valence-corrected chi connectivity index (χ4v) is 6.24. The number of alkyl halides is 1. The molecule has 2 aliphatic heterocycles. The van der Waals surface area contributed by atoms with Crippen LogP contribution < -0.4 is 10.5 Å². The molecule has 3 heterocycles. The average molecular weight is 561 g/mol. The number of benzene rings is 2. The van der Waals surface area contributed by atoms with Gasteiger partial charge in [-0.15, -0.1) is 11.3 Å². The Balaban J connectivity index is 1.57. The smallest absolute Gasteiger partial charge is 0.258 e. The fraction of sp³-hybridized carbons (Fsp3) is 0.269. The molecular formula is C26H20ClF3N4O3S. The van der Waals surface area contributed by atoms with Crippen LogP contribution in [0.3, 0.4) is 0 Å². The lowest BCUT2D eigenvalue weighted by molar-refractivity contribution is -0.130. The summed E-state index contributed by atoms with van der Waals surface area (Å²) in [5.41, 5.74) is 5.66. The number of anilines is 1. The highest BCUT2D eigenvalue weighted by Gasteiger charge is 2.37. The van der Waals surface area contributed by atoms with Gasteiger partial charge in [0.25, 0.3) is 11.8 Å². The van der Waals surface area contributed by atoms with Gasteiger partial charge in [-0.05, 0) is 17.7 Å². The lowest BCUT2D eigenvalue weighted by atomic mass is 9.95. The Kier molecular flexibility index (Phi) is 6.71. The third-order valence-electron chi connectivity index (χ3n) is 6.80. The van der Waals surface area contributed by atoms with Crippen LogP contribution in [0.25, 0.3) is 21.2 Å². The SMILES string of the molecule is C=C(CF)C(=O)N1CCN2C(=O)c3cc(F)c(-c4ccc(F)c5sc(N)c(C#N)c45)c(Cl)c3OCCC2C1. The average Bonchev–Trinajstić information content (AvgIpc) is 3.25. The first kappa shape index (κ1) is 25.9. The van der Waals surface area contributed by atoms with E-state index in [9.17, 15) is 23.6 Å². The normalized spacial score (nSPS) is 17.2. The van der Waals surface area contributed by atoms with Gasteiger partial charge in [-0.25, -0.2) is 13.2 Å². The topological polar surface area (TPSA) is 99.7 Å². The molecule has 12 heteroatoms. The zero-order valence-corrected chi connectivity index (χ0v) is 21.4. The highest BCUT2D eigenvalue weighted by Crippen LogP contribution is 2.47. The van der Waals surface area contributed by atoms with Crippen LogP contribution in [0.1, 0.15) is 22.3 Å². The van der Waals surface area contributed by atoms with Crippen LogP contribution in [0.4, 0.5) is 18.2 Å². The van der Waals surface area contributed by atoms with E-state index in [0.29, 0.717) is 6.42 Å². The second-order valence-corrected chi connectivity index (χ2v) is 10.4. The molecule has 5 rings (SSSR count). The standard InChI is InChI=1S/C26H20ClF3N4O3S/c1-12(9-28)25(35)33-5-6-34-13(11-33)4-7-37-22-15(26(34)36)8-18(30)20(21(22)27)14-2-3-17(29)23-19(14)16(10-31)24(32)38-23/h2-3,8,13H,1,4-7,9,11,32H2. The van der Waals surface area contributed by atoms with Crippen molar-refractivity contribution in [2.24, 2.45) is 0 Å². The van der Waals surface area contributed by atoms with Crippen molar-refractivity contribution in [1.82, 2.24) is 9.80 Å². The fourth-order valence-electron chi connectivity index (χ4n) is 4.94. The summed E-state index contributed by atoms with van der Waals surface area (Å²) < 4.78 is 49.1. The highest BCUT2D eigenvalue weighted by molar-refractivity contribution is 7.23. The predicted octanol–water partition coefficient (Wildman–Crippen LogP) is 4.91. The Labute approximate surface area is 224 Å². The van der Waals surface area contributed by atoms with Crippen LogP contribution in [0.5, 0.6) is 5.75 Å². The maximum absolute atomic E-state index is 15.7. The van der Waals surface area contributed by atoms with Crippen molar-refractivity contribution in [2.45, 2.75) is 12.5 Å². The monoisotopic (exact) mass is 560 g/mol. The van der Waals surface area contributed by atoms with E-state index in [0.717, 1.165) is 23.5 Å². The molecule has 38 heavy (non-hydrogen) atoms. The number of halogens is 4. The number of nitrogens with two attached hydrogens (primary N) is 1. The number of piperazine rings is 1. The molecule has 2 aliphatic rings. The quantitative estimate of drug-likeness (QED) is 0.459. The third-order valence-corrected chi connectivity index (χ3v) is 8.18. The molecule has 196 valence electrons. The number of nitrogens with zero attached hydrogens (tertiary/aromatic N) is 3. The van der Waals surface area contributed by atoms with Crippen molar-refractivity contribution in [2.75, 3.05) is 38.6 Å². The molecule has 0 saturated carbocycles. The summed E-state index contributed by atoms with van der Waals surface area (Å²) >= 11 is 7.52. The van der Waals surface area contributed by atoms with E-state index in [4.69, 9.17) is 22.1 Å². The lowest BCUT2D eigenvalue weighted by Crippen LogP contribution is -2.57. The minimum atomic E-state index is -0.965. The predicted molar refractivity (Wildman–Crippen MR) is 138 cm³/mol. The molecule has 2 aromatic carbocycles. The molecule has 0 aliphatic carbocycles. The van der Waals surface area contributed by atoms with Gasteiger partial charge in [0.2, 0.25) is 0 Å². The number of carbonyl (C=O) groups is 2. The number of hydrogen-bond acceptors (Lipinski definition) is 6. The van der Waals surface area contributed by atoms with Gasteiger partial charge in [0.05, 0.1) is 33.5 Å². The molecular weight excluding hydrogens is 541 g/mol. The number of fused-ring (bicyclic) bond motifs is 3. The number of ether oxygens (including phenoxy) is 1. The summed E-state index contributed by atoms with van der Waals surface area (Å²) in [5.74, 6) is -2.56. The molecule has 1 atom stereocenters. The Hall–Kier alpha value is -3.75. The molecule has 1 aromatic heterocycles. The maximum atomic E-state index is 15.7. The summed E-state index contributed by atoms with van der Waals surface area (Å²) in [6.07, 6.45) is 0.334. The number of carbonyl (C=O) groups excluding carboxylic acids is 2. The summed E-state index contributed by atoms with van der Waals surface area (Å²) in [4.78, 5) is 28.9. The second-order valence-electron chi connectivity index (χ2n) is 8.95. The number of rotatable bonds is 3. The molecule has 0 bridgehead atoms. The Bertz CT molecular complexity index is 1570. The Morgan fingerprint density at radius 1 is 1.29 bits per heavy atom. The molecule has 1 unspecified atom stereocenters. The molecule has 2 amide bonds. The Morgan fingerprint density at radius 3 is 2.76 bits per heavy atom. The van der Waals surface area contributed by atoms with Gasteiger partial charge in [-0.2, -0.15) is 5.26 Å². The summed E-state index contributed by atoms with van der Waals surface area (Å²) in [6, 6.07) is 4.96. The van der Waals surface area contributed by atoms with Crippen molar-refractivity contribution in [3.05, 3.63) is 58.1 Å². The Morgan fingerprint density at radius 2 is 2.05 bits per heavy atom. The molecule has 7 nitrogen and oxygen atoms in total. The molecule has 0 spiro atoms. The lowest BCUT2D eigenvalue weighted by Gasteiger charge is -2.42. The van der Waals surface area contributed by atoms with E-state index in [1.54, 1.807) is 0 Å². The summed E-state index contributed by atoms with van der Waals surface area (Å²) in [6.45, 7) is 3.03.